The van der Waals surface area contributed by atoms with Gasteiger partial charge in [-0.2, -0.15) is 0 Å². The summed E-state index contributed by atoms with van der Waals surface area (Å²) in [6, 6.07) is 6.81. The molecule has 0 saturated heterocycles. The number of halogens is 1. The Morgan fingerprint density at radius 1 is 1.28 bits per heavy atom. The number of benzene rings is 1. The molecule has 0 spiro atoms. The third-order valence-corrected chi connectivity index (χ3v) is 2.94. The van der Waals surface area contributed by atoms with Crippen molar-refractivity contribution in [3.8, 4) is 0 Å². The summed E-state index contributed by atoms with van der Waals surface area (Å²) in [6.07, 6.45) is -0.205. The first-order valence-electron chi connectivity index (χ1n) is 5.49. The molecule has 1 N–H and O–H groups in total. The van der Waals surface area contributed by atoms with Gasteiger partial charge in [-0.05, 0) is 24.3 Å². The summed E-state index contributed by atoms with van der Waals surface area (Å²) in [6.45, 7) is 3.24. The summed E-state index contributed by atoms with van der Waals surface area (Å²) >= 11 is 5.77. The van der Waals surface area contributed by atoms with E-state index in [1.165, 1.54) is 4.90 Å². The molecule has 0 aliphatic rings. The first kappa shape index (κ1) is 14.5. The van der Waals surface area contributed by atoms with Crippen molar-refractivity contribution in [2.24, 2.45) is 5.41 Å². The van der Waals surface area contributed by atoms with E-state index in [9.17, 15) is 9.59 Å². The Labute approximate surface area is 111 Å². The minimum atomic E-state index is -0.988. The molecule has 0 aliphatic carbocycles. The smallest absolute Gasteiger partial charge is 0.304 e. The lowest BCUT2D eigenvalue weighted by Gasteiger charge is -2.28. The number of aliphatic carboxylic acids is 1. The number of carboxylic acids is 1. The Morgan fingerprint density at radius 2 is 1.78 bits per heavy atom. The van der Waals surface area contributed by atoms with Crippen LogP contribution in [-0.2, 0) is 9.59 Å². The summed E-state index contributed by atoms with van der Waals surface area (Å²) < 4.78 is 0. The van der Waals surface area contributed by atoms with Gasteiger partial charge in [0.25, 0.3) is 0 Å². The molecule has 0 atom stereocenters. The van der Waals surface area contributed by atoms with Gasteiger partial charge in [-0.1, -0.05) is 25.4 Å². The molecule has 5 heteroatoms. The van der Waals surface area contributed by atoms with Crippen molar-refractivity contribution >= 4 is 29.2 Å². The standard InChI is InChI=1S/C13H16ClNO3/c1-13(2,8-11(16)17)12(18)15(3)10-6-4-9(14)5-7-10/h4-7H,8H2,1-3H3,(H,16,17). The molecule has 0 fully saturated rings. The molecule has 1 amide bonds. The van der Waals surface area contributed by atoms with Crippen molar-refractivity contribution in [3.63, 3.8) is 0 Å². The number of rotatable bonds is 4. The largest absolute Gasteiger partial charge is 0.481 e. The van der Waals surface area contributed by atoms with Gasteiger partial charge in [-0.3, -0.25) is 9.59 Å². The van der Waals surface area contributed by atoms with Gasteiger partial charge in [0.2, 0.25) is 5.91 Å². The van der Waals surface area contributed by atoms with E-state index in [0.29, 0.717) is 10.7 Å². The lowest BCUT2D eigenvalue weighted by Crippen LogP contribution is -2.39. The topological polar surface area (TPSA) is 57.6 Å². The Morgan fingerprint density at radius 3 is 2.22 bits per heavy atom. The van der Waals surface area contributed by atoms with Gasteiger partial charge in [0, 0.05) is 17.8 Å². The number of nitrogens with zero attached hydrogens (tertiary/aromatic N) is 1. The van der Waals surface area contributed by atoms with Crippen molar-refractivity contribution < 1.29 is 14.7 Å². The van der Waals surface area contributed by atoms with Crippen LogP contribution < -0.4 is 4.90 Å². The molecule has 1 aromatic carbocycles. The molecule has 0 heterocycles. The summed E-state index contributed by atoms with van der Waals surface area (Å²) in [5.74, 6) is -1.23. The lowest BCUT2D eigenvalue weighted by atomic mass is 9.87. The van der Waals surface area contributed by atoms with E-state index in [0.717, 1.165) is 0 Å². The van der Waals surface area contributed by atoms with Gasteiger partial charge < -0.3 is 10.0 Å². The third kappa shape index (κ3) is 3.47. The number of anilines is 1. The van der Waals surface area contributed by atoms with Crippen LogP contribution >= 0.6 is 11.6 Å². The van der Waals surface area contributed by atoms with Crippen LogP contribution in [0.3, 0.4) is 0 Å². The van der Waals surface area contributed by atoms with E-state index >= 15 is 0 Å². The highest BCUT2D eigenvalue weighted by molar-refractivity contribution is 6.30. The van der Waals surface area contributed by atoms with E-state index in [-0.39, 0.29) is 12.3 Å². The van der Waals surface area contributed by atoms with Crippen LogP contribution in [0.2, 0.25) is 5.02 Å². The maximum atomic E-state index is 12.2. The number of carbonyl (C=O) groups excluding carboxylic acids is 1. The predicted octanol–water partition coefficient (Wildman–Crippen LogP) is 2.80. The average molecular weight is 270 g/mol. The fourth-order valence-corrected chi connectivity index (χ4v) is 1.82. The molecule has 0 unspecified atom stereocenters. The second-order valence-corrected chi connectivity index (χ2v) is 5.23. The van der Waals surface area contributed by atoms with Crippen LogP contribution in [0.15, 0.2) is 24.3 Å². The Hall–Kier alpha value is -1.55. The minimum absolute atomic E-state index is 0.205. The summed E-state index contributed by atoms with van der Waals surface area (Å²) in [7, 11) is 1.62. The van der Waals surface area contributed by atoms with E-state index in [1.54, 1.807) is 45.2 Å². The van der Waals surface area contributed by atoms with Crippen molar-refractivity contribution in [1.29, 1.82) is 0 Å². The van der Waals surface area contributed by atoms with Gasteiger partial charge >= 0.3 is 5.97 Å². The molecule has 1 aromatic rings. The molecule has 0 saturated carbocycles. The van der Waals surface area contributed by atoms with E-state index in [4.69, 9.17) is 16.7 Å². The van der Waals surface area contributed by atoms with E-state index in [1.807, 2.05) is 0 Å². The Bertz CT molecular complexity index is 454. The molecular weight excluding hydrogens is 254 g/mol. The molecule has 18 heavy (non-hydrogen) atoms. The molecular formula is C13H16ClNO3. The van der Waals surface area contributed by atoms with Crippen LogP contribution in [0.25, 0.3) is 0 Å². The predicted molar refractivity (Wildman–Crippen MR) is 70.9 cm³/mol. The summed E-state index contributed by atoms with van der Waals surface area (Å²) in [5.41, 5.74) is -0.261. The zero-order chi connectivity index (χ0) is 13.9. The van der Waals surface area contributed by atoms with Gasteiger partial charge in [0.05, 0.1) is 11.8 Å². The number of amides is 1. The molecule has 98 valence electrons. The first-order valence-corrected chi connectivity index (χ1v) is 5.87. The van der Waals surface area contributed by atoms with E-state index in [2.05, 4.69) is 0 Å². The zero-order valence-electron chi connectivity index (χ0n) is 10.6. The van der Waals surface area contributed by atoms with Crippen molar-refractivity contribution in [1.82, 2.24) is 0 Å². The highest BCUT2D eigenvalue weighted by Gasteiger charge is 2.33. The van der Waals surface area contributed by atoms with Gasteiger partial charge in [0.1, 0.15) is 0 Å². The van der Waals surface area contributed by atoms with E-state index < -0.39 is 11.4 Å². The van der Waals surface area contributed by atoms with Gasteiger partial charge in [0.15, 0.2) is 0 Å². The van der Waals surface area contributed by atoms with Gasteiger partial charge in [-0.25, -0.2) is 0 Å². The highest BCUT2D eigenvalue weighted by atomic mass is 35.5. The lowest BCUT2D eigenvalue weighted by molar-refractivity contribution is -0.143. The van der Waals surface area contributed by atoms with Crippen molar-refractivity contribution in [2.45, 2.75) is 20.3 Å². The SMILES string of the molecule is CN(C(=O)C(C)(C)CC(=O)O)c1ccc(Cl)cc1. The number of hydrogen-bond donors (Lipinski definition) is 1. The fraction of sp³-hybridized carbons (Fsp3) is 0.385. The number of carbonyl (C=O) groups is 2. The highest BCUT2D eigenvalue weighted by Crippen LogP contribution is 2.26. The summed E-state index contributed by atoms with van der Waals surface area (Å²) in [5, 5.41) is 9.39. The molecule has 0 bridgehead atoms. The van der Waals surface area contributed by atoms with Crippen LogP contribution in [0.1, 0.15) is 20.3 Å². The number of carboxylic acid groups (broad SMARTS) is 1. The van der Waals surface area contributed by atoms with Crippen LogP contribution in [0, 0.1) is 5.41 Å². The van der Waals surface area contributed by atoms with Crippen LogP contribution in [0.5, 0.6) is 0 Å². The normalized spacial score (nSPS) is 11.1. The molecule has 0 aromatic heterocycles. The van der Waals surface area contributed by atoms with Crippen molar-refractivity contribution in [2.75, 3.05) is 11.9 Å². The summed E-state index contributed by atoms with van der Waals surface area (Å²) in [4.78, 5) is 24.4. The quantitative estimate of drug-likeness (QED) is 0.914. The second-order valence-electron chi connectivity index (χ2n) is 4.79. The molecule has 0 aliphatic heterocycles. The average Bonchev–Trinajstić information content (AvgIpc) is 2.26. The first-order chi connectivity index (χ1) is 8.24. The van der Waals surface area contributed by atoms with Crippen LogP contribution in [0.4, 0.5) is 5.69 Å². The van der Waals surface area contributed by atoms with Crippen molar-refractivity contribution in [3.05, 3.63) is 29.3 Å². The maximum Gasteiger partial charge on any atom is 0.304 e. The third-order valence-electron chi connectivity index (χ3n) is 2.69. The minimum Gasteiger partial charge on any atom is -0.481 e. The Kier molecular flexibility index (Phi) is 4.35. The monoisotopic (exact) mass is 269 g/mol. The molecule has 1 rings (SSSR count). The zero-order valence-corrected chi connectivity index (χ0v) is 11.4. The number of hydrogen-bond acceptors (Lipinski definition) is 2. The molecule has 0 radical (unpaired) electrons. The van der Waals surface area contributed by atoms with Gasteiger partial charge in [-0.15, -0.1) is 0 Å². The molecule has 4 nitrogen and oxygen atoms in total. The second kappa shape index (κ2) is 5.40. The maximum absolute atomic E-state index is 12.2. The fourth-order valence-electron chi connectivity index (χ4n) is 1.69. The Balaban J connectivity index is 2.89. The van der Waals surface area contributed by atoms with Crippen LogP contribution in [-0.4, -0.2) is 24.0 Å².